The van der Waals surface area contributed by atoms with E-state index in [0.29, 0.717) is 11.8 Å². The van der Waals surface area contributed by atoms with Gasteiger partial charge >= 0.3 is 0 Å². The van der Waals surface area contributed by atoms with E-state index < -0.39 is 5.41 Å². The second-order valence-corrected chi connectivity index (χ2v) is 17.4. The van der Waals surface area contributed by atoms with Crippen LogP contribution in [0.25, 0.3) is 38.8 Å². The second kappa shape index (κ2) is 15.8. The number of rotatable bonds is 10. The van der Waals surface area contributed by atoms with E-state index in [2.05, 4.69) is 228 Å². The lowest BCUT2D eigenvalue weighted by Crippen LogP contribution is -2.32. The maximum atomic E-state index is 6.66. The molecule has 10 rings (SSSR count). The van der Waals surface area contributed by atoms with Gasteiger partial charge < -0.3 is 0 Å². The molecule has 1 aliphatic rings. The van der Waals surface area contributed by atoms with Crippen LogP contribution in [0, 0.1) is 0 Å². The fourth-order valence-electron chi connectivity index (χ4n) is 9.83. The van der Waals surface area contributed by atoms with E-state index in [1.807, 2.05) is 16.3 Å². The van der Waals surface area contributed by atoms with E-state index in [1.165, 1.54) is 44.2 Å². The van der Waals surface area contributed by atoms with Crippen LogP contribution in [0.1, 0.15) is 86.8 Å². The minimum Gasteiger partial charge on any atom is -0.294 e. The Kier molecular flexibility index (Phi) is 10.0. The Morgan fingerprint density at radius 3 is 1.74 bits per heavy atom. The van der Waals surface area contributed by atoms with Crippen molar-refractivity contribution in [2.24, 2.45) is 0 Å². The minimum atomic E-state index is -0.720. The third-order valence-corrected chi connectivity index (χ3v) is 12.6. The Balaban J connectivity index is 1.23. The van der Waals surface area contributed by atoms with Gasteiger partial charge in [-0.05, 0) is 119 Å². The van der Waals surface area contributed by atoms with Crippen LogP contribution < -0.4 is 10.1 Å². The molecule has 0 saturated heterocycles. The van der Waals surface area contributed by atoms with Crippen molar-refractivity contribution >= 4 is 38.9 Å². The molecule has 5 heteroatoms. The van der Waals surface area contributed by atoms with Gasteiger partial charge in [0.25, 0.3) is 0 Å². The molecule has 1 aliphatic heterocycles. The van der Waals surface area contributed by atoms with E-state index in [0.717, 1.165) is 45.0 Å². The minimum absolute atomic E-state index is 0.146. The van der Waals surface area contributed by atoms with Crippen LogP contribution in [0.3, 0.4) is 0 Å². The molecule has 0 bridgehead atoms. The fraction of sp³-hybridized carbons (Fsp3) is 0.175. The zero-order chi connectivity index (χ0) is 42.5. The van der Waals surface area contributed by atoms with E-state index in [1.54, 1.807) is 0 Å². The highest BCUT2D eigenvalue weighted by Crippen LogP contribution is 2.49. The van der Waals surface area contributed by atoms with Gasteiger partial charge in [-0.15, -0.1) is 4.94 Å². The largest absolute Gasteiger partial charge is 0.294 e. The van der Waals surface area contributed by atoms with Crippen molar-refractivity contribution < 1.29 is 4.94 Å². The Morgan fingerprint density at radius 1 is 0.484 bits per heavy atom. The molecule has 0 amide bonds. The van der Waals surface area contributed by atoms with E-state index in [9.17, 15) is 0 Å². The molecule has 306 valence electrons. The van der Waals surface area contributed by atoms with E-state index in [4.69, 9.17) is 9.92 Å². The summed E-state index contributed by atoms with van der Waals surface area (Å²) >= 11 is 0. The molecule has 7 aromatic carbocycles. The Bertz CT molecular complexity index is 2990. The van der Waals surface area contributed by atoms with Gasteiger partial charge in [0.1, 0.15) is 5.82 Å². The van der Waals surface area contributed by atoms with Crippen LogP contribution in [-0.2, 0) is 10.4 Å². The first kappa shape index (κ1) is 39.2. The molecule has 0 saturated carbocycles. The molecule has 0 atom stereocenters. The number of para-hydroxylation sites is 3. The molecule has 5 nitrogen and oxygen atoms in total. The highest BCUT2D eigenvalue weighted by Gasteiger charge is 2.40. The number of hydroxylamine groups is 1. The molecule has 0 aliphatic carbocycles. The maximum absolute atomic E-state index is 6.66. The quantitative estimate of drug-likeness (QED) is 0.129. The topological polar surface area (TPSA) is 33.5 Å². The van der Waals surface area contributed by atoms with Crippen molar-refractivity contribution in [1.29, 1.82) is 0 Å². The first-order chi connectivity index (χ1) is 30.3. The van der Waals surface area contributed by atoms with Crippen LogP contribution in [0.15, 0.2) is 188 Å². The second-order valence-electron chi connectivity index (χ2n) is 17.4. The molecule has 0 N–H and O–H groups in total. The summed E-state index contributed by atoms with van der Waals surface area (Å²) in [5.74, 6) is 1.64. The Hall–Kier alpha value is -6.95. The molecular formula is C57H52N4O. The fourth-order valence-corrected chi connectivity index (χ4v) is 9.83. The van der Waals surface area contributed by atoms with Gasteiger partial charge in [-0.3, -0.25) is 4.57 Å². The summed E-state index contributed by atoms with van der Waals surface area (Å²) < 4.78 is 2.37. The van der Waals surface area contributed by atoms with Crippen molar-refractivity contribution in [3.63, 3.8) is 0 Å². The zero-order valence-corrected chi connectivity index (χ0v) is 36.3. The Labute approximate surface area is 365 Å². The number of pyridine rings is 1. The molecular weight excluding hydrogens is 757 g/mol. The summed E-state index contributed by atoms with van der Waals surface area (Å²) in [6.07, 6.45) is 1.99. The highest BCUT2D eigenvalue weighted by molar-refractivity contribution is 6.09. The summed E-state index contributed by atoms with van der Waals surface area (Å²) in [6, 6.07) is 66.4. The van der Waals surface area contributed by atoms with Crippen molar-refractivity contribution in [1.82, 2.24) is 9.55 Å². The predicted molar refractivity (Wildman–Crippen MR) is 258 cm³/mol. The number of hydrogen-bond acceptors (Lipinski definition) is 4. The predicted octanol–water partition coefficient (Wildman–Crippen LogP) is 14.7. The first-order valence-electron chi connectivity index (χ1n) is 22.0. The maximum Gasteiger partial charge on any atom is 0.138 e. The lowest BCUT2D eigenvalue weighted by Gasteiger charge is -2.37. The van der Waals surface area contributed by atoms with Gasteiger partial charge in [-0.1, -0.05) is 161 Å². The molecule has 0 radical (unpaired) electrons. The van der Waals surface area contributed by atoms with Crippen molar-refractivity contribution in [3.05, 3.63) is 222 Å². The number of hydrogen-bond donors (Lipinski definition) is 0. The highest BCUT2D eigenvalue weighted by atomic mass is 16.8. The SMILES string of the molecule is CC(C)c1cccc(C(C)C)c1-c1ccnc(-n2c3ccccc3c3ccc(C(c4ccccc4)(c4ccccc4)c4cccc(N5ON(C(C)C)c6ccccc65)c4)cc32)c1. The van der Waals surface area contributed by atoms with Gasteiger partial charge in [0.05, 0.1) is 39.6 Å². The van der Waals surface area contributed by atoms with Crippen LogP contribution in [-0.4, -0.2) is 15.6 Å². The molecule has 0 spiro atoms. The lowest BCUT2D eigenvalue weighted by atomic mass is 9.65. The first-order valence-corrected chi connectivity index (χ1v) is 22.0. The molecule has 9 aromatic rings. The Morgan fingerprint density at radius 2 is 1.06 bits per heavy atom. The van der Waals surface area contributed by atoms with Crippen molar-refractivity contribution in [2.75, 3.05) is 10.1 Å². The molecule has 0 fully saturated rings. The third-order valence-electron chi connectivity index (χ3n) is 12.6. The standard InChI is InChI=1S/C57H52N4O/c1-38(2)47-26-18-27-48(39(3)4)56(47)41-33-34-58-55(35-41)59-51-28-14-13-25-49(51)50-32-31-45(37-54(50)59)57(42-19-9-7-10-20-42,43-21-11-8-12-22-43)44-23-17-24-46(36-44)61-53-30-16-15-29-52(53)60(62-61)40(5)6/h7-40H,1-6H3. The smallest absolute Gasteiger partial charge is 0.138 e. The van der Waals surface area contributed by atoms with E-state index in [-0.39, 0.29) is 6.04 Å². The number of fused-ring (bicyclic) bond motifs is 4. The average Bonchev–Trinajstić information content (AvgIpc) is 3.86. The summed E-state index contributed by atoms with van der Waals surface area (Å²) in [5, 5.41) is 6.34. The monoisotopic (exact) mass is 808 g/mol. The molecule has 62 heavy (non-hydrogen) atoms. The van der Waals surface area contributed by atoms with Crippen molar-refractivity contribution in [3.8, 4) is 16.9 Å². The van der Waals surface area contributed by atoms with Crippen LogP contribution >= 0.6 is 0 Å². The zero-order valence-electron chi connectivity index (χ0n) is 36.3. The van der Waals surface area contributed by atoms with Gasteiger partial charge in [0, 0.05) is 17.0 Å². The summed E-state index contributed by atoms with van der Waals surface area (Å²) in [7, 11) is 0. The van der Waals surface area contributed by atoms with Crippen LogP contribution in [0.5, 0.6) is 0 Å². The normalized spacial score (nSPS) is 13.0. The summed E-state index contributed by atoms with van der Waals surface area (Å²) in [4.78, 5) is 11.8. The lowest BCUT2D eigenvalue weighted by molar-refractivity contribution is 0.112. The summed E-state index contributed by atoms with van der Waals surface area (Å²) in [5.41, 5.74) is 14.4. The molecule has 3 heterocycles. The van der Waals surface area contributed by atoms with Gasteiger partial charge in [-0.25, -0.2) is 10.0 Å². The van der Waals surface area contributed by atoms with E-state index >= 15 is 0 Å². The number of benzene rings is 7. The molecule has 2 aromatic heterocycles. The van der Waals surface area contributed by atoms with Crippen LogP contribution in [0.2, 0.25) is 0 Å². The average molecular weight is 809 g/mol. The number of anilines is 3. The third kappa shape index (κ3) is 6.38. The van der Waals surface area contributed by atoms with Gasteiger partial charge in [0.2, 0.25) is 0 Å². The summed E-state index contributed by atoms with van der Waals surface area (Å²) in [6.45, 7) is 13.5. The van der Waals surface area contributed by atoms with Crippen molar-refractivity contribution in [2.45, 2.75) is 64.8 Å². The van der Waals surface area contributed by atoms with Gasteiger partial charge in [0.15, 0.2) is 0 Å². The number of aromatic nitrogens is 2. The molecule has 0 unspecified atom stereocenters. The van der Waals surface area contributed by atoms with Crippen LogP contribution in [0.4, 0.5) is 17.1 Å². The van der Waals surface area contributed by atoms with Gasteiger partial charge in [-0.2, -0.15) is 5.06 Å². The number of nitrogens with zero attached hydrogens (tertiary/aromatic N) is 4.